The lowest BCUT2D eigenvalue weighted by molar-refractivity contribution is -0.151. The van der Waals surface area contributed by atoms with Crippen molar-refractivity contribution in [3.63, 3.8) is 0 Å². The van der Waals surface area contributed by atoms with Crippen LogP contribution in [-0.2, 0) is 20.7 Å². The SMILES string of the molecule is COc1c(C)cc2c(c1O)[C@@H]1[C@@H]3[C@@H]4SCC(NC(=O)c5cccnc5Cl)C(=O)OC[C@H](c5c6c(c(C)c(OC(C)=O)c54)OCO6)N3[C@@H](C#N)[C@@H](C2)N1C. The zero-order valence-electron chi connectivity index (χ0n) is 29.5. The Morgan fingerprint density at radius 2 is 1.94 bits per heavy atom. The number of carbonyl (C=O) groups is 3. The van der Waals surface area contributed by atoms with E-state index in [-0.39, 0.29) is 47.4 Å². The third-order valence-corrected chi connectivity index (χ3v) is 12.7. The van der Waals surface area contributed by atoms with Gasteiger partial charge >= 0.3 is 11.9 Å². The Morgan fingerprint density at radius 1 is 1.17 bits per heavy atom. The van der Waals surface area contributed by atoms with Gasteiger partial charge in [-0.2, -0.15) is 5.26 Å². The van der Waals surface area contributed by atoms with Crippen LogP contribution >= 0.6 is 23.4 Å². The number of likely N-dealkylation sites (N-methyl/N-ethyl adjacent to an activating group) is 1. The molecule has 0 spiro atoms. The predicted molar refractivity (Wildman–Crippen MR) is 190 cm³/mol. The molecule has 0 aliphatic carbocycles. The number of aromatic nitrogens is 1. The van der Waals surface area contributed by atoms with E-state index in [4.69, 9.17) is 35.3 Å². The standard InChI is InChI=1S/C37H36ClN5O9S/c1-15-9-18-10-21-22(11-39)43-23-12-49-37(47)20(41-36(46)19-7-6-8-40-35(19)38)13-53-34(28(43)27(42(21)4)24(18)29(45)30(15)48-5)26-25(23)33-32(50-14-51-33)16(2)31(26)52-17(3)44/h6-9,20-23,27-28,34,45H,10,12-14H2,1-5H3,(H,41,46)/t20?,21-,22+,23-,27-,28-,34-/m1/s1. The highest BCUT2D eigenvalue weighted by atomic mass is 35.5. The zero-order chi connectivity index (χ0) is 37.5. The van der Waals surface area contributed by atoms with Crippen molar-refractivity contribution < 1.29 is 43.2 Å². The van der Waals surface area contributed by atoms with Crippen molar-refractivity contribution in [1.29, 1.82) is 5.26 Å². The summed E-state index contributed by atoms with van der Waals surface area (Å²) in [7, 11) is 3.46. The molecular formula is C37H36ClN5O9S. The largest absolute Gasteiger partial charge is 0.504 e. The van der Waals surface area contributed by atoms with Gasteiger partial charge in [-0.15, -0.1) is 11.8 Å². The van der Waals surface area contributed by atoms with Crippen molar-refractivity contribution in [2.45, 2.75) is 68.7 Å². The van der Waals surface area contributed by atoms with Gasteiger partial charge in [-0.25, -0.2) is 9.78 Å². The zero-order valence-corrected chi connectivity index (χ0v) is 31.0. The third kappa shape index (κ3) is 5.37. The van der Waals surface area contributed by atoms with Crippen LogP contribution in [0.4, 0.5) is 0 Å². The van der Waals surface area contributed by atoms with Crippen LogP contribution in [0.3, 0.4) is 0 Å². The lowest BCUT2D eigenvalue weighted by Gasteiger charge is -2.61. The molecule has 0 radical (unpaired) electrons. The highest BCUT2D eigenvalue weighted by molar-refractivity contribution is 7.99. The summed E-state index contributed by atoms with van der Waals surface area (Å²) < 4.78 is 29.9. The topological polar surface area (TPSA) is 173 Å². The van der Waals surface area contributed by atoms with Crippen LogP contribution in [0.15, 0.2) is 24.4 Å². The van der Waals surface area contributed by atoms with Crippen molar-refractivity contribution in [3.8, 4) is 34.8 Å². The molecule has 6 aliphatic heterocycles. The van der Waals surface area contributed by atoms with Crippen molar-refractivity contribution in [2.24, 2.45) is 0 Å². The van der Waals surface area contributed by atoms with E-state index in [1.807, 2.05) is 20.0 Å². The minimum absolute atomic E-state index is 0.0124. The van der Waals surface area contributed by atoms with Gasteiger partial charge < -0.3 is 34.1 Å². The van der Waals surface area contributed by atoms with Crippen LogP contribution in [0.5, 0.6) is 28.7 Å². The van der Waals surface area contributed by atoms with Gasteiger partial charge in [0, 0.05) is 53.2 Å². The van der Waals surface area contributed by atoms with E-state index < -0.39 is 53.3 Å². The van der Waals surface area contributed by atoms with Gasteiger partial charge in [-0.05, 0) is 50.6 Å². The number of ether oxygens (including phenoxy) is 5. The Balaban J connectivity index is 1.36. The number of hydrogen-bond donors (Lipinski definition) is 2. The summed E-state index contributed by atoms with van der Waals surface area (Å²) in [5, 5.41) is 25.1. The number of pyridine rings is 1. The van der Waals surface area contributed by atoms with E-state index in [1.165, 1.54) is 38.1 Å². The summed E-state index contributed by atoms with van der Waals surface area (Å²) in [6.45, 7) is 4.66. The second-order valence-corrected chi connectivity index (χ2v) is 15.3. The molecule has 4 bridgehead atoms. The maximum atomic E-state index is 13.9. The first-order chi connectivity index (χ1) is 25.5. The van der Waals surface area contributed by atoms with Crippen LogP contribution in [0.25, 0.3) is 0 Å². The number of methoxy groups -OCH3 is 1. The first-order valence-electron chi connectivity index (χ1n) is 17.1. The summed E-state index contributed by atoms with van der Waals surface area (Å²) in [4.78, 5) is 48.3. The van der Waals surface area contributed by atoms with Crippen LogP contribution < -0.4 is 24.3 Å². The highest BCUT2D eigenvalue weighted by Crippen LogP contribution is 2.64. The summed E-state index contributed by atoms with van der Waals surface area (Å²) >= 11 is 7.58. The van der Waals surface area contributed by atoms with Gasteiger partial charge in [0.15, 0.2) is 23.0 Å². The molecule has 7 atom stereocenters. The van der Waals surface area contributed by atoms with E-state index in [9.17, 15) is 24.8 Å². The van der Waals surface area contributed by atoms with Gasteiger partial charge in [0.05, 0.1) is 36.1 Å². The van der Waals surface area contributed by atoms with E-state index in [2.05, 4.69) is 26.2 Å². The molecule has 53 heavy (non-hydrogen) atoms. The average Bonchev–Trinajstić information content (AvgIpc) is 3.61. The molecule has 7 heterocycles. The van der Waals surface area contributed by atoms with Crippen molar-refractivity contribution in [2.75, 3.05) is 33.3 Å². The first-order valence-corrected chi connectivity index (χ1v) is 18.5. The van der Waals surface area contributed by atoms with Gasteiger partial charge in [0.2, 0.25) is 6.79 Å². The van der Waals surface area contributed by atoms with Gasteiger partial charge in [0.1, 0.15) is 29.6 Å². The number of hydrogen-bond acceptors (Lipinski definition) is 14. The van der Waals surface area contributed by atoms with Crippen LogP contribution in [-0.4, -0.2) is 95.2 Å². The molecule has 6 aliphatic rings. The molecule has 2 saturated heterocycles. The number of nitriles is 1. The number of halogens is 1. The van der Waals surface area contributed by atoms with E-state index in [1.54, 1.807) is 13.0 Å². The third-order valence-electron chi connectivity index (χ3n) is 11.0. The minimum atomic E-state index is -1.12. The van der Waals surface area contributed by atoms with Crippen LogP contribution in [0.2, 0.25) is 5.15 Å². The Labute approximate surface area is 314 Å². The number of amides is 1. The van der Waals surface area contributed by atoms with E-state index in [0.29, 0.717) is 45.9 Å². The molecule has 1 unspecified atom stereocenters. The second kappa shape index (κ2) is 13.3. The molecule has 1 aromatic heterocycles. The number of fused-ring (bicyclic) bond motifs is 10. The Morgan fingerprint density at radius 3 is 2.66 bits per heavy atom. The van der Waals surface area contributed by atoms with Crippen LogP contribution in [0, 0.1) is 25.2 Å². The number of piperazine rings is 1. The number of phenols is 1. The maximum absolute atomic E-state index is 13.9. The van der Waals surface area contributed by atoms with Crippen LogP contribution in [0.1, 0.15) is 68.0 Å². The highest BCUT2D eigenvalue weighted by Gasteiger charge is 2.60. The Bertz CT molecular complexity index is 2130. The molecule has 2 aromatic carbocycles. The average molecular weight is 762 g/mol. The van der Waals surface area contributed by atoms with Crippen molar-refractivity contribution in [1.82, 2.24) is 20.1 Å². The number of benzene rings is 2. The fourth-order valence-corrected chi connectivity index (χ4v) is 10.6. The fraction of sp³-hybridized carbons (Fsp3) is 0.432. The Hall–Kier alpha value is -4.75. The summed E-state index contributed by atoms with van der Waals surface area (Å²) in [6, 6.07) is 3.65. The molecular weight excluding hydrogens is 726 g/mol. The number of nitrogens with zero attached hydrogens (tertiary/aromatic N) is 4. The second-order valence-electron chi connectivity index (χ2n) is 13.7. The van der Waals surface area contributed by atoms with Crippen molar-refractivity contribution >= 4 is 41.2 Å². The van der Waals surface area contributed by atoms with Crippen molar-refractivity contribution in [3.05, 3.63) is 68.5 Å². The summed E-state index contributed by atoms with van der Waals surface area (Å²) in [5.74, 6) is -0.333. The van der Waals surface area contributed by atoms with Gasteiger partial charge in [0.25, 0.3) is 5.91 Å². The lowest BCUT2D eigenvalue weighted by Crippen LogP contribution is -2.69. The molecule has 14 nitrogen and oxygen atoms in total. The molecule has 9 rings (SSSR count). The molecule has 3 aromatic rings. The number of phenolic OH excluding ortho intramolecular Hbond substituents is 1. The van der Waals surface area contributed by atoms with Gasteiger partial charge in [-0.3, -0.25) is 19.4 Å². The fourth-order valence-electron chi connectivity index (χ4n) is 8.86. The molecule has 16 heteroatoms. The predicted octanol–water partition coefficient (Wildman–Crippen LogP) is 4.08. The number of aryl methyl sites for hydroxylation is 1. The number of rotatable bonds is 4. The molecule has 1 amide bonds. The number of esters is 2. The lowest BCUT2D eigenvalue weighted by atomic mass is 9.71. The maximum Gasteiger partial charge on any atom is 0.329 e. The molecule has 2 N–H and O–H groups in total. The molecule has 0 saturated carbocycles. The number of thioether (sulfide) groups is 1. The minimum Gasteiger partial charge on any atom is -0.504 e. The summed E-state index contributed by atoms with van der Waals surface area (Å²) in [5.41, 5.74) is 4.21. The summed E-state index contributed by atoms with van der Waals surface area (Å²) in [6.07, 6.45) is 1.92. The quantitative estimate of drug-likeness (QED) is 0.221. The molecule has 276 valence electrons. The monoisotopic (exact) mass is 761 g/mol. The normalized spacial score (nSPS) is 27.0. The molecule has 2 fully saturated rings. The number of aromatic hydroxyl groups is 1. The smallest absolute Gasteiger partial charge is 0.329 e. The van der Waals surface area contributed by atoms with Gasteiger partial charge in [-0.1, -0.05) is 17.7 Å². The van der Waals surface area contributed by atoms with E-state index >= 15 is 0 Å². The number of nitrogens with one attached hydrogen (secondary N) is 1. The Kier molecular flexibility index (Phi) is 8.84. The van der Waals surface area contributed by atoms with E-state index in [0.717, 1.165) is 11.1 Å². The first kappa shape index (κ1) is 35.3. The number of carbonyl (C=O) groups excluding carboxylic acids is 3.